The van der Waals surface area contributed by atoms with Crippen LogP contribution in [0.5, 0.6) is 5.75 Å². The van der Waals surface area contributed by atoms with Crippen molar-refractivity contribution in [2.24, 2.45) is 4.99 Å². The molecule has 150 valence electrons. The first-order valence-corrected chi connectivity index (χ1v) is 10.3. The molecule has 1 atom stereocenters. The van der Waals surface area contributed by atoms with Gasteiger partial charge in [-0.25, -0.2) is 4.99 Å². The number of rotatable bonds is 4. The first-order chi connectivity index (χ1) is 14.1. The Morgan fingerprint density at radius 3 is 2.10 bits per heavy atom. The smallest absolute Gasteiger partial charge is 0.119 e. The summed E-state index contributed by atoms with van der Waals surface area (Å²) in [7, 11) is 1.68. The second kappa shape index (κ2) is 9.62. The second-order valence-corrected chi connectivity index (χ2v) is 7.14. The Kier molecular flexibility index (Phi) is 6.95. The number of amidine groups is 1. The van der Waals surface area contributed by atoms with Crippen molar-refractivity contribution in [1.29, 1.82) is 0 Å². The van der Waals surface area contributed by atoms with Gasteiger partial charge in [-0.3, -0.25) is 0 Å². The average molecular weight is 407 g/mol. The zero-order valence-corrected chi connectivity index (χ0v) is 18.1. The van der Waals surface area contributed by atoms with E-state index < -0.39 is 0 Å². The highest BCUT2D eigenvalue weighted by atomic mass is 35.5. The highest BCUT2D eigenvalue weighted by Crippen LogP contribution is 2.41. The van der Waals surface area contributed by atoms with Gasteiger partial charge in [0.15, 0.2) is 0 Å². The zero-order valence-electron chi connectivity index (χ0n) is 17.4. The van der Waals surface area contributed by atoms with Gasteiger partial charge in [-0.2, -0.15) is 0 Å². The van der Waals surface area contributed by atoms with Crippen LogP contribution in [0.4, 0.5) is 11.4 Å². The first-order valence-electron chi connectivity index (χ1n) is 9.97. The Morgan fingerprint density at radius 2 is 1.52 bits per heavy atom. The number of aliphatic imine (C=N–C) groups is 1. The van der Waals surface area contributed by atoms with Crippen molar-refractivity contribution in [2.45, 2.75) is 33.2 Å². The minimum atomic E-state index is 0.250. The monoisotopic (exact) mass is 406 g/mol. The summed E-state index contributed by atoms with van der Waals surface area (Å²) in [5, 5.41) is 0.752. The van der Waals surface area contributed by atoms with Crippen LogP contribution in [-0.2, 0) is 0 Å². The molecule has 1 fully saturated rings. The number of halogens is 1. The number of aryl methyl sites for hydroxylation is 1. The molecule has 0 bridgehead atoms. The minimum absolute atomic E-state index is 0.250. The van der Waals surface area contributed by atoms with E-state index in [-0.39, 0.29) is 6.04 Å². The van der Waals surface area contributed by atoms with E-state index in [4.69, 9.17) is 21.3 Å². The molecular weight excluding hydrogens is 380 g/mol. The van der Waals surface area contributed by atoms with E-state index in [9.17, 15) is 0 Å². The number of anilines is 1. The summed E-state index contributed by atoms with van der Waals surface area (Å²) < 4.78 is 5.30. The van der Waals surface area contributed by atoms with Gasteiger partial charge in [0, 0.05) is 17.1 Å². The third kappa shape index (κ3) is 4.80. The molecule has 0 saturated carbocycles. The van der Waals surface area contributed by atoms with E-state index in [2.05, 4.69) is 60.4 Å². The third-order valence-corrected chi connectivity index (χ3v) is 5.12. The highest BCUT2D eigenvalue weighted by molar-refractivity contribution is 6.30. The molecule has 3 aromatic carbocycles. The molecule has 1 aliphatic heterocycles. The summed E-state index contributed by atoms with van der Waals surface area (Å²) in [6, 6.07) is 24.7. The summed E-state index contributed by atoms with van der Waals surface area (Å²) in [5.74, 6) is 1.91. The van der Waals surface area contributed by atoms with Crippen molar-refractivity contribution in [3.63, 3.8) is 0 Å². The standard InChI is InChI=1S/C23H21ClN2O.C2H6/c1-16-3-9-19(10-4-16)25-23-15-22(17-5-7-18(24)8-6-17)26(23)20-11-13-21(27-2)14-12-20;1-2/h3-14,22H,15H2,1-2H3;1-2H3. The maximum atomic E-state index is 6.06. The molecular formula is C25H27ClN2O. The maximum absolute atomic E-state index is 6.06. The zero-order chi connectivity index (χ0) is 20.8. The van der Waals surface area contributed by atoms with Crippen LogP contribution in [0.3, 0.4) is 0 Å². The van der Waals surface area contributed by atoms with Crippen LogP contribution in [0.2, 0.25) is 5.02 Å². The maximum Gasteiger partial charge on any atom is 0.119 e. The molecule has 4 rings (SSSR count). The lowest BCUT2D eigenvalue weighted by atomic mass is 9.92. The fraction of sp³-hybridized carbons (Fsp3) is 0.240. The van der Waals surface area contributed by atoms with Gasteiger partial charge < -0.3 is 9.64 Å². The van der Waals surface area contributed by atoms with Crippen LogP contribution < -0.4 is 9.64 Å². The molecule has 1 aliphatic rings. The topological polar surface area (TPSA) is 24.8 Å². The fourth-order valence-corrected chi connectivity index (χ4v) is 3.45. The van der Waals surface area contributed by atoms with Gasteiger partial charge in [0.25, 0.3) is 0 Å². The Morgan fingerprint density at radius 1 is 0.897 bits per heavy atom. The second-order valence-electron chi connectivity index (χ2n) is 6.70. The SMILES string of the molecule is CC.COc1ccc(N2C(=Nc3ccc(C)cc3)CC2c2ccc(Cl)cc2)cc1. The molecule has 4 heteroatoms. The molecule has 3 nitrogen and oxygen atoms in total. The van der Waals surface area contributed by atoms with Crippen molar-refractivity contribution >= 4 is 28.8 Å². The summed E-state index contributed by atoms with van der Waals surface area (Å²) in [6.07, 6.45) is 0.890. The van der Waals surface area contributed by atoms with Crippen molar-refractivity contribution in [3.8, 4) is 5.75 Å². The van der Waals surface area contributed by atoms with E-state index in [1.54, 1.807) is 7.11 Å². The summed E-state index contributed by atoms with van der Waals surface area (Å²) >= 11 is 6.06. The Balaban J connectivity index is 0.00000117. The summed E-state index contributed by atoms with van der Waals surface area (Å²) in [4.78, 5) is 7.16. The number of hydrogen-bond donors (Lipinski definition) is 0. The van der Waals surface area contributed by atoms with E-state index in [0.717, 1.165) is 34.4 Å². The molecule has 0 N–H and O–H groups in total. The molecule has 3 aromatic rings. The van der Waals surface area contributed by atoms with Crippen LogP contribution >= 0.6 is 11.6 Å². The normalized spacial score (nSPS) is 16.7. The van der Waals surface area contributed by atoms with Crippen LogP contribution in [0.1, 0.15) is 37.4 Å². The van der Waals surface area contributed by atoms with Gasteiger partial charge in [-0.1, -0.05) is 55.3 Å². The molecule has 1 unspecified atom stereocenters. The van der Waals surface area contributed by atoms with Gasteiger partial charge in [0.2, 0.25) is 0 Å². The molecule has 29 heavy (non-hydrogen) atoms. The number of ether oxygens (including phenoxy) is 1. The van der Waals surface area contributed by atoms with Gasteiger partial charge in [0.1, 0.15) is 11.6 Å². The molecule has 1 saturated heterocycles. The summed E-state index contributed by atoms with van der Waals surface area (Å²) in [6.45, 7) is 6.08. The predicted octanol–water partition coefficient (Wildman–Crippen LogP) is 7.36. The van der Waals surface area contributed by atoms with Crippen molar-refractivity contribution < 1.29 is 4.74 Å². The van der Waals surface area contributed by atoms with Crippen LogP contribution in [0.25, 0.3) is 0 Å². The molecule has 0 spiro atoms. The first kappa shape index (κ1) is 20.9. The molecule has 0 aliphatic carbocycles. The van der Waals surface area contributed by atoms with Crippen molar-refractivity contribution in [1.82, 2.24) is 0 Å². The third-order valence-electron chi connectivity index (χ3n) is 4.86. The Labute approximate surface area is 178 Å². The van der Waals surface area contributed by atoms with Gasteiger partial charge in [0.05, 0.1) is 18.8 Å². The largest absolute Gasteiger partial charge is 0.497 e. The molecule has 0 amide bonds. The summed E-state index contributed by atoms with van der Waals surface area (Å²) in [5.41, 5.74) is 4.55. The van der Waals surface area contributed by atoms with Gasteiger partial charge in [-0.05, 0) is 61.0 Å². The number of hydrogen-bond acceptors (Lipinski definition) is 2. The molecule has 1 heterocycles. The Hall–Kier alpha value is -2.78. The van der Waals surface area contributed by atoms with Crippen molar-refractivity contribution in [3.05, 3.63) is 88.9 Å². The minimum Gasteiger partial charge on any atom is -0.497 e. The lowest BCUT2D eigenvalue weighted by molar-refractivity contribution is 0.415. The average Bonchev–Trinajstić information content (AvgIpc) is 2.75. The van der Waals surface area contributed by atoms with E-state index in [0.29, 0.717) is 0 Å². The Bertz CT molecular complexity index is 948. The van der Waals surface area contributed by atoms with Crippen molar-refractivity contribution in [2.75, 3.05) is 12.0 Å². The van der Waals surface area contributed by atoms with Crippen LogP contribution in [0.15, 0.2) is 77.8 Å². The van der Waals surface area contributed by atoms with Crippen LogP contribution in [-0.4, -0.2) is 12.9 Å². The fourth-order valence-electron chi connectivity index (χ4n) is 3.32. The van der Waals surface area contributed by atoms with E-state index in [1.165, 1.54) is 11.1 Å². The quantitative estimate of drug-likeness (QED) is 0.452. The number of methoxy groups -OCH3 is 1. The lowest BCUT2D eigenvalue weighted by Gasteiger charge is -2.44. The number of benzene rings is 3. The van der Waals surface area contributed by atoms with Crippen LogP contribution in [0, 0.1) is 6.92 Å². The predicted molar refractivity (Wildman–Crippen MR) is 124 cm³/mol. The van der Waals surface area contributed by atoms with E-state index in [1.807, 2.05) is 38.1 Å². The molecule has 0 aromatic heterocycles. The number of nitrogens with zero attached hydrogens (tertiary/aromatic N) is 2. The van der Waals surface area contributed by atoms with E-state index >= 15 is 0 Å². The lowest BCUT2D eigenvalue weighted by Crippen LogP contribution is -2.46. The van der Waals surface area contributed by atoms with Gasteiger partial charge >= 0.3 is 0 Å². The molecule has 0 radical (unpaired) electrons. The van der Waals surface area contributed by atoms with Gasteiger partial charge in [-0.15, -0.1) is 0 Å². The highest BCUT2D eigenvalue weighted by Gasteiger charge is 2.36.